The summed E-state index contributed by atoms with van der Waals surface area (Å²) in [5.41, 5.74) is 12.9. The van der Waals surface area contributed by atoms with Crippen molar-refractivity contribution in [1.82, 2.24) is 17.9 Å². The van der Waals surface area contributed by atoms with Gasteiger partial charge in [-0.15, -0.1) is 0 Å². The monoisotopic (exact) mass is 682 g/mol. The molecule has 0 N–H and O–H groups in total. The highest BCUT2D eigenvalue weighted by atomic mass is 32.1. The average molecular weight is 683 g/mol. The van der Waals surface area contributed by atoms with E-state index in [9.17, 15) is 0 Å². The van der Waals surface area contributed by atoms with Crippen LogP contribution in [0.1, 0.15) is 86.5 Å². The van der Waals surface area contributed by atoms with Gasteiger partial charge < -0.3 is 0 Å². The highest BCUT2D eigenvalue weighted by Gasteiger charge is 2.42. The van der Waals surface area contributed by atoms with E-state index in [1.807, 2.05) is 21.5 Å². The van der Waals surface area contributed by atoms with Crippen molar-refractivity contribution < 1.29 is 9.13 Å². The van der Waals surface area contributed by atoms with Gasteiger partial charge in [0.15, 0.2) is 0 Å². The fourth-order valence-corrected chi connectivity index (χ4v) is 8.73. The summed E-state index contributed by atoms with van der Waals surface area (Å²) in [6.45, 7) is 14.2. The van der Waals surface area contributed by atoms with E-state index < -0.39 is 0 Å². The normalized spacial score (nSPS) is 13.1. The van der Waals surface area contributed by atoms with Crippen LogP contribution < -0.4 is 9.13 Å². The topological polar surface area (TPSA) is 43.4 Å². The maximum atomic E-state index is 4.76. The second-order valence-corrected chi connectivity index (χ2v) is 14.7. The van der Waals surface area contributed by atoms with E-state index in [4.69, 9.17) is 4.37 Å². The third kappa shape index (κ3) is 6.88. The lowest BCUT2D eigenvalue weighted by molar-refractivity contribution is -0.696. The van der Waals surface area contributed by atoms with Gasteiger partial charge in [-0.2, -0.15) is 8.75 Å². The quantitative estimate of drug-likeness (QED) is 0.0710. The number of aromatic nitrogens is 6. The van der Waals surface area contributed by atoms with Crippen molar-refractivity contribution in [1.29, 1.82) is 0 Å². The number of fused-ring (bicyclic) bond motifs is 4. The zero-order chi connectivity index (χ0) is 34.5. The third-order valence-electron chi connectivity index (χ3n) is 10.8. The van der Waals surface area contributed by atoms with Gasteiger partial charge >= 0.3 is 0 Å². The Morgan fingerprint density at radius 3 is 1.84 bits per heavy atom. The summed E-state index contributed by atoms with van der Waals surface area (Å²) < 4.78 is 18.0. The van der Waals surface area contributed by atoms with Crippen molar-refractivity contribution in [3.05, 3.63) is 121 Å². The molecule has 1 aliphatic carbocycles. The Kier molecular flexibility index (Phi) is 10.2. The molecule has 6 aromatic rings. The van der Waals surface area contributed by atoms with E-state index in [1.165, 1.54) is 120 Å². The lowest BCUT2D eigenvalue weighted by Crippen LogP contribution is -2.30. The number of benzene rings is 3. The molecule has 3 aromatic heterocycles. The number of unbranched alkanes of at least 4 members (excludes halogenated alkanes) is 6. The SMILES string of the molecule is C=Cn1cc[n+](CCCCCCC2(CCCCCC[n+]3ccn(C=C)c3)c3cc(C)ccc3-c3ccc(-c4ccc(C)c5nsnc45)cc32)c1. The van der Waals surface area contributed by atoms with Crippen molar-refractivity contribution in [2.75, 3.05) is 0 Å². The minimum absolute atomic E-state index is 0.00267. The van der Waals surface area contributed by atoms with Gasteiger partial charge in [0.05, 0.1) is 37.2 Å². The Hall–Kier alpha value is -4.62. The van der Waals surface area contributed by atoms with Gasteiger partial charge in [-0.05, 0) is 91.8 Å². The second kappa shape index (κ2) is 15.1. The van der Waals surface area contributed by atoms with Crippen molar-refractivity contribution >= 4 is 35.2 Å². The van der Waals surface area contributed by atoms with Gasteiger partial charge in [-0.1, -0.05) is 86.9 Å². The van der Waals surface area contributed by atoms with Crippen LogP contribution in [0.15, 0.2) is 99.1 Å². The first-order valence-corrected chi connectivity index (χ1v) is 19.1. The van der Waals surface area contributed by atoms with Crippen molar-refractivity contribution in [2.45, 2.75) is 96.6 Å². The molecular weight excluding hydrogens is 633 g/mol. The number of hydrogen-bond donors (Lipinski definition) is 0. The van der Waals surface area contributed by atoms with E-state index in [-0.39, 0.29) is 5.41 Å². The summed E-state index contributed by atoms with van der Waals surface area (Å²) >= 11 is 1.32. The molecule has 0 saturated heterocycles. The van der Waals surface area contributed by atoms with Crippen molar-refractivity contribution in [3.63, 3.8) is 0 Å². The Bertz CT molecular complexity index is 2050. The van der Waals surface area contributed by atoms with Gasteiger partial charge in [0.2, 0.25) is 12.7 Å². The molecule has 0 amide bonds. The Morgan fingerprint density at radius 2 is 1.22 bits per heavy atom. The molecule has 50 heavy (non-hydrogen) atoms. The number of nitrogens with zero attached hydrogens (tertiary/aromatic N) is 6. The van der Waals surface area contributed by atoms with Crippen LogP contribution >= 0.6 is 11.7 Å². The van der Waals surface area contributed by atoms with Gasteiger partial charge in [0, 0.05) is 11.0 Å². The third-order valence-corrected chi connectivity index (χ3v) is 11.4. The minimum atomic E-state index is 0.00267. The molecule has 0 saturated carbocycles. The van der Waals surface area contributed by atoms with Crippen LogP contribution in [0, 0.1) is 13.8 Å². The highest BCUT2D eigenvalue weighted by molar-refractivity contribution is 7.00. The zero-order valence-electron chi connectivity index (χ0n) is 29.7. The molecule has 256 valence electrons. The van der Waals surface area contributed by atoms with E-state index in [2.05, 4.69) is 126 Å². The summed E-state index contributed by atoms with van der Waals surface area (Å²) in [6.07, 6.45) is 28.4. The summed E-state index contributed by atoms with van der Waals surface area (Å²) in [5.74, 6) is 0. The average Bonchev–Trinajstić information content (AvgIpc) is 3.95. The molecule has 0 radical (unpaired) electrons. The standard InChI is InChI=1S/C43H50N6S/c1-5-46-25-27-48(31-46)23-13-9-7-11-21-43(22-12-8-10-14-24-49-28-26-47(6-2)32-49)39-29-33(3)15-18-37(39)38-20-17-35(30-40(38)43)36-19-16-34(4)41-42(36)45-50-44-41/h5-6,15-20,25-32H,1-2,7-14,21-24H2,3-4H3/q+2. The fourth-order valence-electron chi connectivity index (χ4n) is 8.12. The van der Waals surface area contributed by atoms with E-state index in [1.54, 1.807) is 0 Å². The largest absolute Gasteiger partial charge is 0.248 e. The Morgan fingerprint density at radius 1 is 0.660 bits per heavy atom. The smallest absolute Gasteiger partial charge is 0.236 e. The molecule has 0 spiro atoms. The van der Waals surface area contributed by atoms with E-state index >= 15 is 0 Å². The Balaban J connectivity index is 1.14. The molecule has 0 fully saturated rings. The van der Waals surface area contributed by atoms with Crippen LogP contribution in [0.3, 0.4) is 0 Å². The van der Waals surface area contributed by atoms with Crippen molar-refractivity contribution in [3.8, 4) is 22.3 Å². The molecule has 0 bridgehead atoms. The second-order valence-electron chi connectivity index (χ2n) is 14.2. The van der Waals surface area contributed by atoms with Crippen LogP contribution in [0.4, 0.5) is 0 Å². The molecule has 0 unspecified atom stereocenters. The first-order valence-electron chi connectivity index (χ1n) is 18.4. The molecule has 3 aromatic carbocycles. The predicted octanol–water partition coefficient (Wildman–Crippen LogP) is 9.92. The van der Waals surface area contributed by atoms with Crippen LogP contribution in [-0.2, 0) is 18.5 Å². The zero-order valence-corrected chi connectivity index (χ0v) is 30.5. The van der Waals surface area contributed by atoms with Crippen molar-refractivity contribution in [2.24, 2.45) is 0 Å². The number of hydrogen-bond acceptors (Lipinski definition) is 3. The van der Waals surface area contributed by atoms with E-state index in [0.717, 1.165) is 24.1 Å². The van der Waals surface area contributed by atoms with Crippen LogP contribution in [0.5, 0.6) is 0 Å². The highest BCUT2D eigenvalue weighted by Crippen LogP contribution is 2.55. The van der Waals surface area contributed by atoms with Gasteiger partial charge in [0.1, 0.15) is 35.8 Å². The molecular formula is C43H50N6S+2. The summed E-state index contributed by atoms with van der Waals surface area (Å²) in [6, 6.07) is 18.9. The maximum Gasteiger partial charge on any atom is 0.248 e. The fraction of sp³-hybridized carbons (Fsp3) is 0.349. The molecule has 0 aliphatic heterocycles. The first kappa shape index (κ1) is 33.9. The molecule has 1 aliphatic rings. The van der Waals surface area contributed by atoms with Gasteiger partial charge in [-0.25, -0.2) is 18.3 Å². The lowest BCUT2D eigenvalue weighted by atomic mass is 9.70. The molecule has 0 atom stereocenters. The summed E-state index contributed by atoms with van der Waals surface area (Å²) in [4.78, 5) is 0. The number of rotatable bonds is 17. The van der Waals surface area contributed by atoms with Gasteiger partial charge in [0.25, 0.3) is 0 Å². The minimum Gasteiger partial charge on any atom is -0.236 e. The van der Waals surface area contributed by atoms with Crippen LogP contribution in [0.2, 0.25) is 0 Å². The number of aryl methyl sites for hydroxylation is 4. The van der Waals surface area contributed by atoms with Crippen LogP contribution in [-0.4, -0.2) is 17.9 Å². The van der Waals surface area contributed by atoms with Gasteiger partial charge in [-0.3, -0.25) is 0 Å². The molecule has 7 heteroatoms. The summed E-state index contributed by atoms with van der Waals surface area (Å²) in [7, 11) is 0. The lowest BCUT2D eigenvalue weighted by Gasteiger charge is -2.33. The molecule has 6 nitrogen and oxygen atoms in total. The molecule has 7 rings (SSSR count). The Labute approximate surface area is 301 Å². The predicted molar refractivity (Wildman–Crippen MR) is 207 cm³/mol. The van der Waals surface area contributed by atoms with E-state index in [0.29, 0.717) is 0 Å². The molecule has 3 heterocycles. The number of imidazole rings is 2. The summed E-state index contributed by atoms with van der Waals surface area (Å²) in [5, 5.41) is 0. The van der Waals surface area contributed by atoms with Crippen LogP contribution in [0.25, 0.3) is 45.7 Å². The maximum absolute atomic E-state index is 4.76. The first-order chi connectivity index (χ1) is 24.5.